The SMILES string of the molecule is CCC[C@@H](C(=O)NO)N(CCc1ccccn1)S(=O)(=O)c1ccc(O)cc1. The van der Waals surface area contributed by atoms with Gasteiger partial charge in [-0.15, -0.1) is 0 Å². The maximum Gasteiger partial charge on any atom is 0.261 e. The topological polar surface area (TPSA) is 120 Å². The Morgan fingerprint density at radius 1 is 1.22 bits per heavy atom. The summed E-state index contributed by atoms with van der Waals surface area (Å²) in [5, 5.41) is 18.5. The maximum absolute atomic E-state index is 13.2. The van der Waals surface area contributed by atoms with Crippen LogP contribution in [-0.2, 0) is 21.2 Å². The van der Waals surface area contributed by atoms with E-state index in [1.165, 1.54) is 24.3 Å². The number of aromatic nitrogens is 1. The number of carbonyl (C=O) groups is 1. The average Bonchev–Trinajstić information content (AvgIpc) is 2.67. The summed E-state index contributed by atoms with van der Waals surface area (Å²) >= 11 is 0. The molecule has 1 aromatic carbocycles. The van der Waals surface area contributed by atoms with Gasteiger partial charge in [-0.25, -0.2) is 13.9 Å². The smallest absolute Gasteiger partial charge is 0.261 e. The molecule has 0 aliphatic carbocycles. The van der Waals surface area contributed by atoms with Crippen molar-refractivity contribution in [3.63, 3.8) is 0 Å². The molecular formula is C18H23N3O5S. The quantitative estimate of drug-likeness (QED) is 0.441. The number of nitrogens with one attached hydrogen (secondary N) is 1. The minimum atomic E-state index is -4.04. The first-order valence-corrected chi connectivity index (χ1v) is 9.99. The molecule has 0 spiro atoms. The van der Waals surface area contributed by atoms with Crippen LogP contribution < -0.4 is 5.48 Å². The lowest BCUT2D eigenvalue weighted by atomic mass is 10.1. The Bertz CT molecular complexity index is 841. The third-order valence-corrected chi connectivity index (χ3v) is 6.00. The molecule has 1 heterocycles. The molecule has 2 aromatic rings. The summed E-state index contributed by atoms with van der Waals surface area (Å²) in [6.45, 7) is 1.83. The highest BCUT2D eigenvalue weighted by atomic mass is 32.2. The first-order chi connectivity index (χ1) is 12.9. The van der Waals surface area contributed by atoms with E-state index in [-0.39, 0.29) is 23.6 Å². The van der Waals surface area contributed by atoms with Gasteiger partial charge in [-0.3, -0.25) is 15.0 Å². The molecule has 0 radical (unpaired) electrons. The monoisotopic (exact) mass is 393 g/mol. The normalized spacial score (nSPS) is 12.7. The molecule has 0 unspecified atom stereocenters. The van der Waals surface area contributed by atoms with E-state index in [0.717, 1.165) is 4.31 Å². The summed E-state index contributed by atoms with van der Waals surface area (Å²) in [7, 11) is -4.04. The van der Waals surface area contributed by atoms with Gasteiger partial charge in [0.05, 0.1) is 4.90 Å². The van der Waals surface area contributed by atoms with Gasteiger partial charge in [0.1, 0.15) is 11.8 Å². The van der Waals surface area contributed by atoms with E-state index in [1.807, 2.05) is 6.92 Å². The molecule has 27 heavy (non-hydrogen) atoms. The van der Waals surface area contributed by atoms with E-state index in [2.05, 4.69) is 4.98 Å². The van der Waals surface area contributed by atoms with Gasteiger partial charge in [0.15, 0.2) is 0 Å². The van der Waals surface area contributed by atoms with Crippen LogP contribution in [0.2, 0.25) is 0 Å². The third kappa shape index (κ3) is 5.25. The summed E-state index contributed by atoms with van der Waals surface area (Å²) < 4.78 is 27.4. The molecule has 1 aromatic heterocycles. The van der Waals surface area contributed by atoms with Crippen molar-refractivity contribution in [2.75, 3.05) is 6.54 Å². The number of hydrogen-bond acceptors (Lipinski definition) is 6. The van der Waals surface area contributed by atoms with Crippen LogP contribution in [0.25, 0.3) is 0 Å². The fraction of sp³-hybridized carbons (Fsp3) is 0.333. The van der Waals surface area contributed by atoms with Crippen LogP contribution in [0.5, 0.6) is 5.75 Å². The second kappa shape index (κ2) is 9.45. The van der Waals surface area contributed by atoms with Crippen LogP contribution in [0.4, 0.5) is 0 Å². The number of aromatic hydroxyl groups is 1. The molecule has 0 aliphatic rings. The zero-order valence-electron chi connectivity index (χ0n) is 14.9. The van der Waals surface area contributed by atoms with Gasteiger partial charge in [-0.1, -0.05) is 19.4 Å². The number of benzene rings is 1. The molecule has 8 nitrogen and oxygen atoms in total. The molecule has 0 bridgehead atoms. The highest BCUT2D eigenvalue weighted by molar-refractivity contribution is 7.89. The summed E-state index contributed by atoms with van der Waals surface area (Å²) in [6.07, 6.45) is 2.70. The number of rotatable bonds is 9. The van der Waals surface area contributed by atoms with Crippen molar-refractivity contribution in [2.24, 2.45) is 0 Å². The third-order valence-electron chi connectivity index (χ3n) is 4.08. The lowest BCUT2D eigenvalue weighted by molar-refractivity contribution is -0.133. The van der Waals surface area contributed by atoms with Gasteiger partial charge in [0.2, 0.25) is 10.0 Å². The standard InChI is InChI=1S/C18H23N3O5S/c1-2-5-17(18(23)20-24)21(13-11-14-6-3-4-12-19-14)27(25,26)16-9-7-15(22)8-10-16/h3-4,6-10,12,17,22,24H,2,5,11,13H2,1H3,(H,20,23)/t17-/m0/s1. The zero-order valence-corrected chi connectivity index (χ0v) is 15.8. The first-order valence-electron chi connectivity index (χ1n) is 8.55. The van der Waals surface area contributed by atoms with Crippen molar-refractivity contribution in [3.8, 4) is 5.75 Å². The molecule has 2 rings (SSSR count). The molecule has 146 valence electrons. The minimum Gasteiger partial charge on any atom is -0.508 e. The predicted octanol–water partition coefficient (Wildman–Crippen LogP) is 1.69. The zero-order chi connectivity index (χ0) is 19.9. The molecule has 0 aliphatic heterocycles. The first kappa shape index (κ1) is 20.8. The summed E-state index contributed by atoms with van der Waals surface area (Å²) in [5.41, 5.74) is 2.24. The number of hydrogen-bond donors (Lipinski definition) is 3. The Labute approximate surface area is 158 Å². The number of hydroxylamine groups is 1. The fourth-order valence-corrected chi connectivity index (χ4v) is 4.34. The van der Waals surface area contributed by atoms with Crippen molar-refractivity contribution in [3.05, 3.63) is 54.4 Å². The van der Waals surface area contributed by atoms with Crippen LogP contribution in [0, 0.1) is 0 Å². The van der Waals surface area contributed by atoms with Crippen LogP contribution in [-0.4, -0.2) is 46.5 Å². The van der Waals surface area contributed by atoms with Crippen LogP contribution in [0.15, 0.2) is 53.6 Å². The van der Waals surface area contributed by atoms with Crippen molar-refractivity contribution in [2.45, 2.75) is 37.1 Å². The Hall–Kier alpha value is -2.49. The molecule has 9 heteroatoms. The number of amides is 1. The van der Waals surface area contributed by atoms with Crippen molar-refractivity contribution in [1.29, 1.82) is 0 Å². The predicted molar refractivity (Wildman–Crippen MR) is 98.6 cm³/mol. The summed E-state index contributed by atoms with van der Waals surface area (Å²) in [5.74, 6) is -0.854. The molecule has 0 fully saturated rings. The van der Waals surface area contributed by atoms with E-state index in [9.17, 15) is 18.3 Å². The molecule has 0 saturated carbocycles. The number of phenolic OH excluding ortho intramolecular Hbond substituents is 1. The van der Waals surface area contributed by atoms with Crippen LogP contribution in [0.1, 0.15) is 25.5 Å². The second-order valence-corrected chi connectivity index (χ2v) is 7.85. The Kier molecular flexibility index (Phi) is 7.28. The number of carbonyl (C=O) groups excluding carboxylic acids is 1. The largest absolute Gasteiger partial charge is 0.508 e. The van der Waals surface area contributed by atoms with Gasteiger partial charge in [-0.05, 0) is 42.8 Å². The van der Waals surface area contributed by atoms with Gasteiger partial charge in [0, 0.05) is 24.9 Å². The van der Waals surface area contributed by atoms with E-state index in [1.54, 1.807) is 29.9 Å². The number of phenols is 1. The highest BCUT2D eigenvalue weighted by Gasteiger charge is 2.35. The van der Waals surface area contributed by atoms with Crippen molar-refractivity contribution in [1.82, 2.24) is 14.8 Å². The summed E-state index contributed by atoms with van der Waals surface area (Å²) in [4.78, 5) is 16.3. The number of sulfonamides is 1. The van der Waals surface area contributed by atoms with Gasteiger partial charge in [0.25, 0.3) is 5.91 Å². The van der Waals surface area contributed by atoms with Gasteiger partial charge >= 0.3 is 0 Å². The van der Waals surface area contributed by atoms with E-state index < -0.39 is 22.0 Å². The van der Waals surface area contributed by atoms with E-state index in [0.29, 0.717) is 18.5 Å². The Morgan fingerprint density at radius 2 is 1.93 bits per heavy atom. The van der Waals surface area contributed by atoms with E-state index >= 15 is 0 Å². The number of pyridine rings is 1. The molecule has 3 N–H and O–H groups in total. The van der Waals surface area contributed by atoms with E-state index in [4.69, 9.17) is 5.21 Å². The minimum absolute atomic E-state index is 0.0122. The van der Waals surface area contributed by atoms with Crippen LogP contribution >= 0.6 is 0 Å². The lowest BCUT2D eigenvalue weighted by Crippen LogP contribution is -2.49. The highest BCUT2D eigenvalue weighted by Crippen LogP contribution is 2.23. The van der Waals surface area contributed by atoms with Gasteiger partial charge in [-0.2, -0.15) is 4.31 Å². The van der Waals surface area contributed by atoms with Crippen LogP contribution in [0.3, 0.4) is 0 Å². The molecule has 0 saturated heterocycles. The van der Waals surface area contributed by atoms with Gasteiger partial charge < -0.3 is 5.11 Å². The average molecular weight is 393 g/mol. The lowest BCUT2D eigenvalue weighted by Gasteiger charge is -2.29. The van der Waals surface area contributed by atoms with Crippen molar-refractivity contribution < 1.29 is 23.5 Å². The molecule has 1 atom stereocenters. The second-order valence-electron chi connectivity index (χ2n) is 5.96. The molecule has 1 amide bonds. The molecular weight excluding hydrogens is 370 g/mol. The maximum atomic E-state index is 13.2. The summed E-state index contributed by atoms with van der Waals surface area (Å²) in [6, 6.07) is 9.35. The number of nitrogens with zero attached hydrogens (tertiary/aromatic N) is 2. The fourth-order valence-electron chi connectivity index (χ4n) is 2.72. The Balaban J connectivity index is 2.40. The van der Waals surface area contributed by atoms with Crippen molar-refractivity contribution >= 4 is 15.9 Å². The Morgan fingerprint density at radius 3 is 2.48 bits per heavy atom.